The number of likely N-dealkylation sites (tertiary alicyclic amines) is 2. The summed E-state index contributed by atoms with van der Waals surface area (Å²) in [5.74, 6) is 0.203. The molecule has 2 aliphatic rings. The van der Waals surface area contributed by atoms with Gasteiger partial charge in [0.2, 0.25) is 0 Å². The lowest BCUT2D eigenvalue weighted by atomic mass is 9.94. The third kappa shape index (κ3) is 6.29. The molecule has 2 fully saturated rings. The fraction of sp³-hybridized carbons (Fsp3) is 0.382. The van der Waals surface area contributed by atoms with E-state index in [4.69, 9.17) is 15.6 Å². The number of aliphatic hydroxyl groups excluding tert-OH is 1. The van der Waals surface area contributed by atoms with Crippen LogP contribution in [0.3, 0.4) is 0 Å². The summed E-state index contributed by atoms with van der Waals surface area (Å²) >= 11 is 0. The van der Waals surface area contributed by atoms with Crippen molar-refractivity contribution in [2.75, 3.05) is 31.9 Å². The van der Waals surface area contributed by atoms with Crippen molar-refractivity contribution in [2.45, 2.75) is 57.2 Å². The van der Waals surface area contributed by atoms with Crippen molar-refractivity contribution in [2.24, 2.45) is 0 Å². The molecule has 0 unspecified atom stereocenters. The maximum atomic E-state index is 15.6. The summed E-state index contributed by atoms with van der Waals surface area (Å²) in [4.78, 5) is 26.2. The van der Waals surface area contributed by atoms with Gasteiger partial charge in [-0.2, -0.15) is 10.4 Å². The van der Waals surface area contributed by atoms with Crippen LogP contribution < -0.4 is 10.5 Å². The van der Waals surface area contributed by atoms with Crippen LogP contribution in [0.5, 0.6) is 11.5 Å². The molecule has 46 heavy (non-hydrogen) atoms. The Morgan fingerprint density at radius 1 is 1.11 bits per heavy atom. The lowest BCUT2D eigenvalue weighted by molar-refractivity contribution is -0.128. The van der Waals surface area contributed by atoms with Crippen LogP contribution in [0.4, 0.5) is 10.2 Å². The number of aliphatic hydroxyl groups is 1. The Labute approximate surface area is 266 Å². The Bertz CT molecular complexity index is 1810. The summed E-state index contributed by atoms with van der Waals surface area (Å²) in [7, 11) is 0. The number of para-hydroxylation sites is 1. The van der Waals surface area contributed by atoms with Crippen molar-refractivity contribution in [3.05, 3.63) is 72.3 Å². The number of fused-ring (bicyclic) bond motifs is 1. The highest BCUT2D eigenvalue weighted by molar-refractivity contribution is 5.99. The van der Waals surface area contributed by atoms with Gasteiger partial charge in [0.25, 0.3) is 5.91 Å². The number of carbonyl (C=O) groups excluding carboxylic acids is 1. The number of nitriles is 1. The van der Waals surface area contributed by atoms with E-state index in [1.54, 1.807) is 39.9 Å². The number of nitrogens with zero attached hydrogens (tertiary/aromatic N) is 7. The minimum Gasteiger partial charge on any atom is -0.457 e. The van der Waals surface area contributed by atoms with Crippen LogP contribution in [-0.2, 0) is 4.79 Å². The molecule has 238 valence electrons. The van der Waals surface area contributed by atoms with Crippen LogP contribution >= 0.6 is 0 Å². The van der Waals surface area contributed by atoms with Crippen LogP contribution in [-0.4, -0.2) is 78.4 Å². The normalized spacial score (nSPS) is 18.5. The summed E-state index contributed by atoms with van der Waals surface area (Å²) in [6.45, 7) is 6.12. The minimum absolute atomic E-state index is 0.0780. The average molecular weight is 625 g/mol. The Kier molecular flexibility index (Phi) is 8.71. The zero-order valence-electron chi connectivity index (χ0n) is 25.9. The second kappa shape index (κ2) is 12.9. The zero-order chi connectivity index (χ0) is 32.4. The molecule has 6 rings (SSSR count). The van der Waals surface area contributed by atoms with Crippen LogP contribution in [0.1, 0.15) is 45.6 Å². The van der Waals surface area contributed by atoms with Gasteiger partial charge in [-0.05, 0) is 69.9 Å². The first-order valence-corrected chi connectivity index (χ1v) is 15.5. The number of carbonyl (C=O) groups is 1. The molecule has 2 aromatic heterocycles. The fourth-order valence-electron chi connectivity index (χ4n) is 6.35. The van der Waals surface area contributed by atoms with Gasteiger partial charge in [-0.25, -0.2) is 19.0 Å². The molecule has 0 bridgehead atoms. The van der Waals surface area contributed by atoms with Crippen LogP contribution in [0.25, 0.3) is 22.3 Å². The second-order valence-electron chi connectivity index (χ2n) is 12.4. The lowest BCUT2D eigenvalue weighted by Crippen LogP contribution is -2.48. The molecule has 2 aromatic carbocycles. The molecule has 4 heterocycles. The Hall–Kier alpha value is -4.86. The number of anilines is 1. The zero-order valence-corrected chi connectivity index (χ0v) is 25.9. The Morgan fingerprint density at radius 3 is 2.59 bits per heavy atom. The van der Waals surface area contributed by atoms with E-state index in [0.29, 0.717) is 80.1 Å². The Balaban J connectivity index is 1.27. The van der Waals surface area contributed by atoms with Gasteiger partial charge in [-0.15, -0.1) is 0 Å². The van der Waals surface area contributed by atoms with E-state index in [1.807, 2.05) is 32.0 Å². The molecule has 0 spiro atoms. The average Bonchev–Trinajstić information content (AvgIpc) is 3.45. The summed E-state index contributed by atoms with van der Waals surface area (Å²) < 4.78 is 23.1. The summed E-state index contributed by atoms with van der Waals surface area (Å²) in [6.07, 6.45) is 5.45. The van der Waals surface area contributed by atoms with Gasteiger partial charge >= 0.3 is 0 Å². The van der Waals surface area contributed by atoms with E-state index in [0.717, 1.165) is 0 Å². The summed E-state index contributed by atoms with van der Waals surface area (Å²) in [5.41, 5.74) is 6.80. The Morgan fingerprint density at radius 2 is 1.87 bits per heavy atom. The van der Waals surface area contributed by atoms with Crippen molar-refractivity contribution in [3.8, 4) is 28.8 Å². The lowest BCUT2D eigenvalue weighted by Gasteiger charge is -2.40. The number of benzene rings is 2. The van der Waals surface area contributed by atoms with E-state index in [-0.39, 0.29) is 35.0 Å². The quantitative estimate of drug-likeness (QED) is 0.217. The van der Waals surface area contributed by atoms with Crippen molar-refractivity contribution in [1.29, 1.82) is 5.26 Å². The fourth-order valence-corrected chi connectivity index (χ4v) is 6.35. The highest BCUT2D eigenvalue weighted by Gasteiger charge is 2.33. The third-order valence-corrected chi connectivity index (χ3v) is 8.85. The van der Waals surface area contributed by atoms with Crippen molar-refractivity contribution in [1.82, 2.24) is 29.5 Å². The predicted octanol–water partition coefficient (Wildman–Crippen LogP) is 4.86. The molecule has 4 aromatic rings. The second-order valence-corrected chi connectivity index (χ2v) is 12.4. The summed E-state index contributed by atoms with van der Waals surface area (Å²) in [5, 5.41) is 25.2. The van der Waals surface area contributed by atoms with Gasteiger partial charge in [-0.3, -0.25) is 9.69 Å². The number of amides is 1. The van der Waals surface area contributed by atoms with Gasteiger partial charge in [0.1, 0.15) is 46.8 Å². The third-order valence-electron chi connectivity index (χ3n) is 8.85. The number of nitrogens with two attached hydrogens (primary N) is 1. The number of piperidine rings is 2. The molecule has 12 heteroatoms. The topological polar surface area (TPSA) is 146 Å². The number of nitrogen functional groups attached to an aromatic ring is 1. The number of rotatable bonds is 7. The van der Waals surface area contributed by atoms with Crippen molar-refractivity contribution in [3.63, 3.8) is 0 Å². The first kappa shape index (κ1) is 31.1. The van der Waals surface area contributed by atoms with Crippen molar-refractivity contribution >= 4 is 22.8 Å². The molecule has 3 N–H and O–H groups in total. The van der Waals surface area contributed by atoms with E-state index >= 15 is 4.39 Å². The molecule has 0 radical (unpaired) electrons. The molecular weight excluding hydrogens is 587 g/mol. The first-order valence-electron chi connectivity index (χ1n) is 15.5. The van der Waals surface area contributed by atoms with Crippen molar-refractivity contribution < 1.29 is 19.0 Å². The van der Waals surface area contributed by atoms with E-state index < -0.39 is 11.4 Å². The maximum Gasteiger partial charge on any atom is 0.264 e. The number of aromatic nitrogens is 4. The molecule has 11 nitrogen and oxygen atoms in total. The van der Waals surface area contributed by atoms with E-state index in [9.17, 15) is 15.2 Å². The monoisotopic (exact) mass is 624 g/mol. The minimum atomic E-state index is -0.543. The molecule has 1 atom stereocenters. The predicted molar refractivity (Wildman–Crippen MR) is 171 cm³/mol. The van der Waals surface area contributed by atoms with Gasteiger partial charge in [0.15, 0.2) is 5.65 Å². The first-order chi connectivity index (χ1) is 22.1. The van der Waals surface area contributed by atoms with E-state index in [2.05, 4.69) is 20.9 Å². The highest BCUT2D eigenvalue weighted by atomic mass is 19.1. The molecule has 2 aliphatic heterocycles. The molecule has 0 saturated carbocycles. The largest absolute Gasteiger partial charge is 0.457 e. The SMILES string of the molecule is CC(C)(/C=C(\C#N)C(=O)N1CCC[C@H](n2nc(-c3ccc(Oc4ccccc4)cc3F)c3c(N)ncnc32)C1)N1CCC(O)CC1. The molecule has 2 saturated heterocycles. The van der Waals surface area contributed by atoms with Gasteiger partial charge in [0.05, 0.1) is 17.5 Å². The molecule has 0 aliphatic carbocycles. The van der Waals surface area contributed by atoms with E-state index in [1.165, 1.54) is 12.4 Å². The summed E-state index contributed by atoms with van der Waals surface area (Å²) in [6, 6.07) is 15.5. The number of ether oxygens (including phenoxy) is 1. The van der Waals surface area contributed by atoms with Gasteiger partial charge in [-0.1, -0.05) is 18.2 Å². The number of hydrogen-bond donors (Lipinski definition) is 2. The van der Waals surface area contributed by atoms with Crippen LogP contribution in [0, 0.1) is 17.1 Å². The number of halogens is 1. The highest BCUT2D eigenvalue weighted by Crippen LogP contribution is 2.36. The standard InChI is InChI=1S/C34H37FN8O3/c1-34(2,42-15-12-24(44)13-16-42)18-22(19-36)33(45)41-14-6-7-23(20-41)43-32-29(31(37)38-21-39-32)30(40-43)27-11-10-26(17-28(27)35)46-25-8-4-3-5-9-25/h3-5,8-11,17-18,21,23-24,44H,6-7,12-16,20H2,1-2H3,(H2,37,38,39)/b22-18+/t23-/m0/s1. The maximum absolute atomic E-state index is 15.6. The molecular formula is C34H37FN8O3. The van der Waals surface area contributed by atoms with Gasteiger partial charge < -0.3 is 20.5 Å². The van der Waals surface area contributed by atoms with Crippen LogP contribution in [0.2, 0.25) is 0 Å². The van der Waals surface area contributed by atoms with Crippen LogP contribution in [0.15, 0.2) is 66.5 Å². The van der Waals surface area contributed by atoms with Gasteiger partial charge in [0, 0.05) is 43.3 Å². The smallest absolute Gasteiger partial charge is 0.264 e. The number of hydrogen-bond acceptors (Lipinski definition) is 9. The molecule has 1 amide bonds.